The number of hydrogen-bond donors (Lipinski definition) is 8. The number of carbonyl (C=O) groups is 4. The van der Waals surface area contributed by atoms with Gasteiger partial charge in [0.05, 0.1) is 18.3 Å². The summed E-state index contributed by atoms with van der Waals surface area (Å²) in [5.41, 5.74) is 13.8. The number of rotatable bonds is 23. The molecule has 6 aromatic rings. The summed E-state index contributed by atoms with van der Waals surface area (Å²) in [5.74, 6) is -2.69. The number of aliphatic hydroxyl groups is 2. The average molecular weight is 1130 g/mol. The van der Waals surface area contributed by atoms with Gasteiger partial charge < -0.3 is 32.3 Å². The van der Waals surface area contributed by atoms with Crippen molar-refractivity contribution in [2.24, 2.45) is 25.6 Å². The molecule has 70 heavy (non-hydrogen) atoms. The van der Waals surface area contributed by atoms with Crippen molar-refractivity contribution in [3.63, 3.8) is 0 Å². The monoisotopic (exact) mass is 1130 g/mol. The Bertz CT molecular complexity index is 2500. The molecule has 10 N–H and O–H groups in total. The molecule has 0 aliphatic heterocycles. The fourth-order valence-corrected chi connectivity index (χ4v) is 23.7. The standard InChI is InChI=1S/C19H20N6O3.C15H17BrN4O3.C4H3N2.3C4H9.Sn/c1-25-11-13(16(24-25)15-10-21-7-8-22-15)19(28)23-14(17(26)18(20)27)9-12-5-3-2-4-6-12;1-20-8-10(13(16)19-20)15(23)18-11(12(21)14(17)22)7-9-5-3-2-4-6-9;1-2-6-4-3-5-1;3*1-3-4-2;/h2-8,10-11,14,17,26H,9H2,1H3,(H3,20,23,27,28);2-6,8,11-12,21H,7H2,1H3,(H3,17,18,22,23);1-3H;3*1,3-4H2,2H3;/p+2/t14-,17?;11-,12?;;;;;/m00...../s1. The maximum atomic E-state index is 12.9. The van der Waals surface area contributed by atoms with E-state index in [0.717, 1.165) is 11.1 Å². The van der Waals surface area contributed by atoms with E-state index in [1.807, 2.05) is 73.1 Å². The molecule has 20 heteroatoms. The van der Waals surface area contributed by atoms with Gasteiger partial charge in [-0.15, -0.1) is 9.36 Å². The van der Waals surface area contributed by atoms with Crippen LogP contribution in [0.25, 0.3) is 11.4 Å². The van der Waals surface area contributed by atoms with Gasteiger partial charge in [-0.25, -0.2) is 0 Å². The number of unbranched alkanes of at least 4 members (excludes halogenated alkanes) is 3. The predicted octanol–water partition coefficient (Wildman–Crippen LogP) is 3.81. The minimum absolute atomic E-state index is 0.244. The zero-order valence-electron chi connectivity index (χ0n) is 40.7. The second-order valence-corrected chi connectivity index (χ2v) is 31.1. The molecule has 18 nitrogen and oxygen atoms in total. The fraction of sp³-hybridized carbons (Fsp3) is 0.400. The first-order valence-electron chi connectivity index (χ1n) is 23.6. The maximum absolute atomic E-state index is 12.9. The average Bonchev–Trinajstić information content (AvgIpc) is 3.94. The zero-order valence-corrected chi connectivity index (χ0v) is 45.2. The van der Waals surface area contributed by atoms with E-state index in [2.05, 4.69) is 78.7 Å². The number of primary amides is 2. The summed E-state index contributed by atoms with van der Waals surface area (Å²) in [6, 6.07) is 16.7. The first-order chi connectivity index (χ1) is 33.6. The van der Waals surface area contributed by atoms with E-state index in [4.69, 9.17) is 16.5 Å². The normalized spacial score (nSPS) is 12.7. The Balaban J connectivity index is 0.000000233. The van der Waals surface area contributed by atoms with Crippen molar-refractivity contribution >= 4 is 61.6 Å². The number of benzene rings is 2. The first kappa shape index (κ1) is 56.7. The molecule has 0 bridgehead atoms. The van der Waals surface area contributed by atoms with Gasteiger partial charge in [0.1, 0.15) is 22.5 Å². The van der Waals surface area contributed by atoms with E-state index in [0.29, 0.717) is 27.1 Å². The van der Waals surface area contributed by atoms with Gasteiger partial charge in [0.15, 0.2) is 30.9 Å². The summed E-state index contributed by atoms with van der Waals surface area (Å²) in [6.07, 6.45) is 19.2. The molecule has 0 fully saturated rings. The van der Waals surface area contributed by atoms with Crippen LogP contribution in [-0.4, -0.2) is 107 Å². The van der Waals surface area contributed by atoms with Gasteiger partial charge in [-0.05, 0) is 39.9 Å². The quantitative estimate of drug-likeness (QED) is 0.0340. The van der Waals surface area contributed by atoms with Gasteiger partial charge in [0.2, 0.25) is 24.2 Å². The van der Waals surface area contributed by atoms with Crippen LogP contribution in [-0.2, 0) is 36.5 Å². The van der Waals surface area contributed by atoms with Crippen LogP contribution >= 0.6 is 15.9 Å². The number of nitrogens with two attached hydrogens (primary N) is 2. The third kappa shape index (κ3) is 17.5. The van der Waals surface area contributed by atoms with Crippen molar-refractivity contribution in [1.29, 1.82) is 0 Å². The molecule has 4 aromatic heterocycles. The number of halogens is 1. The van der Waals surface area contributed by atoms with Crippen LogP contribution in [0.1, 0.15) is 91.1 Å². The molecule has 4 heterocycles. The smallest absolute Gasteiger partial charge is 0.260 e. The zero-order chi connectivity index (χ0) is 51.1. The summed E-state index contributed by atoms with van der Waals surface area (Å²) < 4.78 is 9.58. The van der Waals surface area contributed by atoms with Crippen molar-refractivity contribution in [2.45, 2.75) is 110 Å². The summed E-state index contributed by atoms with van der Waals surface area (Å²) in [7, 11) is 3.47. The molecular weight excluding hydrogens is 1060 g/mol. The third-order valence-electron chi connectivity index (χ3n) is 11.7. The molecule has 0 spiro atoms. The van der Waals surface area contributed by atoms with E-state index < -0.39 is 66.3 Å². The Kier molecular flexibility index (Phi) is 23.7. The van der Waals surface area contributed by atoms with Gasteiger partial charge in [0, 0.05) is 12.4 Å². The van der Waals surface area contributed by atoms with Crippen LogP contribution in [0.3, 0.4) is 0 Å². The van der Waals surface area contributed by atoms with Crippen molar-refractivity contribution < 1.29 is 38.8 Å². The summed E-state index contributed by atoms with van der Waals surface area (Å²) in [6.45, 7) is 6.94. The molecule has 0 saturated heterocycles. The Hall–Kier alpha value is -5.90. The van der Waals surface area contributed by atoms with Crippen molar-refractivity contribution in [3.05, 3.63) is 137 Å². The number of nitrogens with zero attached hydrogens (tertiary/aromatic N) is 6. The topological polar surface area (TPSA) is 276 Å². The van der Waals surface area contributed by atoms with Gasteiger partial charge >= 0.3 is 123 Å². The van der Waals surface area contributed by atoms with Crippen LogP contribution in [0.4, 0.5) is 0 Å². The van der Waals surface area contributed by atoms with Crippen LogP contribution in [0, 0.1) is 0 Å². The number of hydrogen-bond acceptors (Lipinski definition) is 10. The number of carbonyl (C=O) groups excluding carboxylic acids is 4. The molecule has 0 aliphatic carbocycles. The number of aliphatic hydroxyl groups excluding tert-OH is 2. The van der Waals surface area contributed by atoms with Gasteiger partial charge in [-0.3, -0.25) is 29.1 Å². The number of aromatic amines is 2. The van der Waals surface area contributed by atoms with Gasteiger partial charge in [-0.2, -0.15) is 10.2 Å². The second kappa shape index (κ2) is 29.3. The van der Waals surface area contributed by atoms with E-state index in [1.165, 1.54) is 74.1 Å². The molecular formula is C50H69BrN12O6Sn+2. The van der Waals surface area contributed by atoms with Crippen LogP contribution in [0.5, 0.6) is 0 Å². The Morgan fingerprint density at radius 1 is 0.657 bits per heavy atom. The molecule has 0 radical (unpaired) electrons. The molecule has 2 unspecified atom stereocenters. The minimum atomic E-state index is -2.27. The van der Waals surface area contributed by atoms with Crippen molar-refractivity contribution in [2.75, 3.05) is 0 Å². The van der Waals surface area contributed by atoms with Gasteiger partial charge in [0.25, 0.3) is 11.8 Å². The SMILES string of the molecule is CCC[CH2][Sn]([CH2]CCC)([CH2]CCC)[c]1cnccn1.C[n+]1cc(C(=O)N[C@@H](Cc2ccccc2)C(O)C(N)=O)c(-c2cnccn2)[nH]1.C[n+]1cc(C(=O)N[C@@H](Cc2ccccc2)C(O)C(N)=O)c(Br)[nH]1. The number of H-pyrrole nitrogens is 2. The molecule has 6 rings (SSSR count). The van der Waals surface area contributed by atoms with E-state index in [-0.39, 0.29) is 12.8 Å². The van der Waals surface area contributed by atoms with E-state index in [9.17, 15) is 29.4 Å². The van der Waals surface area contributed by atoms with Gasteiger partial charge in [-0.1, -0.05) is 60.7 Å². The van der Waals surface area contributed by atoms with E-state index >= 15 is 0 Å². The number of nitrogens with one attached hydrogen (secondary N) is 4. The largest absolute Gasteiger partial charge is 0.381 e. The molecule has 0 aliphatic rings. The third-order valence-corrected chi connectivity index (χ3v) is 27.4. The van der Waals surface area contributed by atoms with Crippen molar-refractivity contribution in [1.82, 2.24) is 40.8 Å². The summed E-state index contributed by atoms with van der Waals surface area (Å²) >= 11 is 0.980. The van der Waals surface area contributed by atoms with E-state index in [1.54, 1.807) is 35.9 Å². The number of aryl methyl sites for hydroxylation is 2. The Labute approximate surface area is 422 Å². The molecule has 4 atom stereocenters. The van der Waals surface area contributed by atoms with Crippen LogP contribution in [0.2, 0.25) is 13.3 Å². The predicted molar refractivity (Wildman–Crippen MR) is 272 cm³/mol. The maximum Gasteiger partial charge on any atom is 0.260 e. The Morgan fingerprint density at radius 3 is 1.50 bits per heavy atom. The number of amides is 4. The fourth-order valence-electron chi connectivity index (χ4n) is 7.96. The second-order valence-electron chi connectivity index (χ2n) is 17.2. The summed E-state index contributed by atoms with van der Waals surface area (Å²) in [4.78, 5) is 65.5. The molecule has 0 saturated carbocycles. The molecule has 2 aromatic carbocycles. The molecule has 374 valence electrons. The minimum Gasteiger partial charge on any atom is -0.381 e. The van der Waals surface area contributed by atoms with Crippen LogP contribution < -0.4 is 35.2 Å². The van der Waals surface area contributed by atoms with Crippen LogP contribution in [0.15, 0.2) is 115 Å². The Morgan fingerprint density at radius 2 is 1.10 bits per heavy atom. The first-order valence-corrected chi connectivity index (χ1v) is 31.9. The van der Waals surface area contributed by atoms with Crippen molar-refractivity contribution in [3.8, 4) is 11.4 Å². The summed E-state index contributed by atoms with van der Waals surface area (Å²) in [5, 5.41) is 31.5. The molecule has 4 amide bonds. The number of aromatic nitrogens is 8.